The molecule has 0 spiro atoms. The number of fused-ring (bicyclic) bond motifs is 4. The molecule has 136 valence electrons. The van der Waals surface area contributed by atoms with Gasteiger partial charge in [-0.2, -0.15) is 0 Å². The van der Waals surface area contributed by atoms with Gasteiger partial charge in [-0.25, -0.2) is 4.79 Å². The number of ketones is 1. The lowest BCUT2D eigenvalue weighted by Gasteiger charge is -2.06. The number of aromatic amines is 1. The summed E-state index contributed by atoms with van der Waals surface area (Å²) in [7, 11) is 0. The fourth-order valence-corrected chi connectivity index (χ4v) is 3.77. The molecule has 28 heavy (non-hydrogen) atoms. The van der Waals surface area contributed by atoms with E-state index in [0.717, 1.165) is 22.9 Å². The lowest BCUT2D eigenvalue weighted by Crippen LogP contribution is -2.14. The van der Waals surface area contributed by atoms with E-state index < -0.39 is 5.97 Å². The van der Waals surface area contributed by atoms with Gasteiger partial charge in [0.05, 0.1) is 0 Å². The van der Waals surface area contributed by atoms with E-state index in [2.05, 4.69) is 17.1 Å². The summed E-state index contributed by atoms with van der Waals surface area (Å²) < 4.78 is 5.24. The molecule has 0 saturated carbocycles. The molecule has 0 amide bonds. The summed E-state index contributed by atoms with van der Waals surface area (Å²) in [4.78, 5) is 27.9. The van der Waals surface area contributed by atoms with Gasteiger partial charge in [0.25, 0.3) is 0 Å². The number of rotatable bonds is 4. The van der Waals surface area contributed by atoms with E-state index >= 15 is 0 Å². The molecule has 4 heteroatoms. The van der Waals surface area contributed by atoms with Crippen LogP contribution in [0.5, 0.6) is 0 Å². The third-order valence-corrected chi connectivity index (χ3v) is 5.20. The minimum absolute atomic E-state index is 0.211. The number of benzene rings is 3. The molecule has 1 N–H and O–H groups in total. The number of esters is 1. The van der Waals surface area contributed by atoms with Crippen molar-refractivity contribution in [3.63, 3.8) is 0 Å². The van der Waals surface area contributed by atoms with Crippen molar-refractivity contribution in [2.24, 2.45) is 0 Å². The monoisotopic (exact) mass is 367 g/mol. The standard InChI is InChI=1S/C24H17NO3/c26-23(14-28-24(27)22-13-17-6-2-4-8-21(17)25-22)18-10-9-16-11-15-5-1-3-7-19(15)20(16)12-18/h1-10,12-13,25H,11,14H2. The van der Waals surface area contributed by atoms with Crippen molar-refractivity contribution in [2.75, 3.05) is 6.61 Å². The number of nitrogens with one attached hydrogen (secondary N) is 1. The summed E-state index contributed by atoms with van der Waals surface area (Å²) >= 11 is 0. The van der Waals surface area contributed by atoms with E-state index in [-0.39, 0.29) is 12.4 Å². The fourth-order valence-electron chi connectivity index (χ4n) is 3.77. The zero-order chi connectivity index (χ0) is 19.1. The maximum atomic E-state index is 12.6. The minimum atomic E-state index is -0.531. The number of carbonyl (C=O) groups is 2. The van der Waals surface area contributed by atoms with Crippen LogP contribution in [0.4, 0.5) is 0 Å². The van der Waals surface area contributed by atoms with Gasteiger partial charge in [-0.15, -0.1) is 0 Å². The Kier molecular flexibility index (Phi) is 3.83. The molecule has 0 bridgehead atoms. The van der Waals surface area contributed by atoms with Crippen molar-refractivity contribution in [1.29, 1.82) is 0 Å². The van der Waals surface area contributed by atoms with E-state index in [0.29, 0.717) is 11.3 Å². The van der Waals surface area contributed by atoms with Crippen LogP contribution in [0.25, 0.3) is 22.0 Å². The fraction of sp³-hybridized carbons (Fsp3) is 0.0833. The van der Waals surface area contributed by atoms with Gasteiger partial charge in [0.1, 0.15) is 5.69 Å². The number of hydrogen-bond donors (Lipinski definition) is 1. The number of aromatic nitrogens is 1. The second-order valence-electron chi connectivity index (χ2n) is 6.98. The van der Waals surface area contributed by atoms with Gasteiger partial charge in [-0.05, 0) is 46.9 Å². The van der Waals surface area contributed by atoms with Crippen LogP contribution in [0.1, 0.15) is 32.0 Å². The molecule has 1 heterocycles. The number of H-pyrrole nitrogens is 1. The summed E-state index contributed by atoms with van der Waals surface area (Å²) in [5, 5.41) is 0.929. The van der Waals surface area contributed by atoms with Gasteiger partial charge in [-0.3, -0.25) is 4.79 Å². The Hall–Kier alpha value is -3.66. The van der Waals surface area contributed by atoms with Crippen molar-refractivity contribution in [3.05, 3.63) is 95.2 Å². The number of hydrogen-bond acceptors (Lipinski definition) is 3. The molecule has 1 aliphatic rings. The first-order valence-electron chi connectivity index (χ1n) is 9.18. The maximum Gasteiger partial charge on any atom is 0.355 e. The normalized spacial score (nSPS) is 11.9. The highest BCUT2D eigenvalue weighted by molar-refractivity contribution is 6.01. The molecule has 0 unspecified atom stereocenters. The largest absolute Gasteiger partial charge is 0.453 e. The minimum Gasteiger partial charge on any atom is -0.453 e. The molecule has 5 rings (SSSR count). The molecule has 0 atom stereocenters. The molecular weight excluding hydrogens is 350 g/mol. The van der Waals surface area contributed by atoms with Crippen LogP contribution in [0.3, 0.4) is 0 Å². The number of ether oxygens (including phenoxy) is 1. The van der Waals surface area contributed by atoms with E-state index in [4.69, 9.17) is 4.74 Å². The van der Waals surface area contributed by atoms with Crippen LogP contribution in [0, 0.1) is 0 Å². The summed E-state index contributed by atoms with van der Waals surface area (Å²) in [6, 6.07) is 23.2. The summed E-state index contributed by atoms with van der Waals surface area (Å²) in [6.07, 6.45) is 0.884. The average molecular weight is 367 g/mol. The van der Waals surface area contributed by atoms with Crippen molar-refractivity contribution in [2.45, 2.75) is 6.42 Å². The summed E-state index contributed by atoms with van der Waals surface area (Å²) in [6.45, 7) is -0.283. The maximum absolute atomic E-state index is 12.6. The molecule has 0 radical (unpaired) electrons. The van der Waals surface area contributed by atoms with Gasteiger partial charge in [-0.1, -0.05) is 54.6 Å². The predicted octanol–water partition coefficient (Wildman–Crippen LogP) is 4.78. The number of carbonyl (C=O) groups excluding carboxylic acids is 2. The molecule has 3 aromatic carbocycles. The van der Waals surface area contributed by atoms with Crippen LogP contribution in [-0.4, -0.2) is 23.3 Å². The zero-order valence-corrected chi connectivity index (χ0v) is 15.1. The SMILES string of the molecule is O=C(COC(=O)c1cc2ccccc2[nH]1)c1ccc2c(c1)-c1ccccc1C2. The highest BCUT2D eigenvalue weighted by Crippen LogP contribution is 2.36. The Labute approximate surface area is 161 Å². The molecule has 4 nitrogen and oxygen atoms in total. The Morgan fingerprint density at radius 1 is 0.857 bits per heavy atom. The van der Waals surface area contributed by atoms with Gasteiger partial charge in [0.2, 0.25) is 0 Å². The molecule has 1 aromatic heterocycles. The number of Topliss-reactive ketones (excluding diaryl/α,β-unsaturated/α-hetero) is 1. The highest BCUT2D eigenvalue weighted by Gasteiger charge is 2.20. The first-order valence-corrected chi connectivity index (χ1v) is 9.18. The van der Waals surface area contributed by atoms with E-state index in [1.807, 2.05) is 54.6 Å². The van der Waals surface area contributed by atoms with Crippen LogP contribution in [0.15, 0.2) is 72.8 Å². The van der Waals surface area contributed by atoms with Crippen molar-refractivity contribution in [3.8, 4) is 11.1 Å². The first-order chi connectivity index (χ1) is 13.7. The molecule has 0 aliphatic heterocycles. The van der Waals surface area contributed by atoms with Crippen molar-refractivity contribution < 1.29 is 14.3 Å². The third kappa shape index (κ3) is 2.79. The average Bonchev–Trinajstić information content (AvgIpc) is 3.32. The van der Waals surface area contributed by atoms with Gasteiger partial charge >= 0.3 is 5.97 Å². The van der Waals surface area contributed by atoms with E-state index in [1.54, 1.807) is 6.07 Å². The molecule has 4 aromatic rings. The third-order valence-electron chi connectivity index (χ3n) is 5.20. The Bertz CT molecular complexity index is 1200. The van der Waals surface area contributed by atoms with Crippen LogP contribution in [-0.2, 0) is 11.2 Å². The Morgan fingerprint density at radius 2 is 1.64 bits per heavy atom. The van der Waals surface area contributed by atoms with Crippen LogP contribution in [0.2, 0.25) is 0 Å². The van der Waals surface area contributed by atoms with Gasteiger partial charge < -0.3 is 9.72 Å². The lowest BCUT2D eigenvalue weighted by atomic mass is 10.0. The van der Waals surface area contributed by atoms with Crippen molar-refractivity contribution in [1.82, 2.24) is 4.98 Å². The van der Waals surface area contributed by atoms with Gasteiger partial charge in [0, 0.05) is 16.5 Å². The molecular formula is C24H17NO3. The summed E-state index contributed by atoms with van der Waals surface area (Å²) in [5.41, 5.74) is 6.50. The van der Waals surface area contributed by atoms with E-state index in [1.165, 1.54) is 16.7 Å². The second kappa shape index (κ2) is 6.50. The molecule has 0 fully saturated rings. The van der Waals surface area contributed by atoms with Crippen LogP contribution < -0.4 is 0 Å². The topological polar surface area (TPSA) is 59.2 Å². The molecule has 1 aliphatic carbocycles. The smallest absolute Gasteiger partial charge is 0.355 e. The number of para-hydroxylation sites is 1. The van der Waals surface area contributed by atoms with Crippen LogP contribution >= 0.6 is 0 Å². The Morgan fingerprint density at radius 3 is 2.54 bits per heavy atom. The Balaban J connectivity index is 1.32. The summed E-state index contributed by atoms with van der Waals surface area (Å²) in [5.74, 6) is -0.743. The first kappa shape index (κ1) is 16.5. The van der Waals surface area contributed by atoms with E-state index in [9.17, 15) is 9.59 Å². The molecule has 0 saturated heterocycles. The second-order valence-corrected chi connectivity index (χ2v) is 6.98. The lowest BCUT2D eigenvalue weighted by molar-refractivity contribution is 0.0470. The quantitative estimate of drug-likeness (QED) is 0.367. The zero-order valence-electron chi connectivity index (χ0n) is 15.1. The predicted molar refractivity (Wildman–Crippen MR) is 108 cm³/mol. The van der Waals surface area contributed by atoms with Gasteiger partial charge in [0.15, 0.2) is 12.4 Å². The highest BCUT2D eigenvalue weighted by atomic mass is 16.5. The van der Waals surface area contributed by atoms with Crippen molar-refractivity contribution >= 4 is 22.7 Å².